The summed E-state index contributed by atoms with van der Waals surface area (Å²) in [6.07, 6.45) is -4.45. The van der Waals surface area contributed by atoms with Crippen molar-refractivity contribution in [2.24, 2.45) is 5.92 Å². The number of nitrogens with one attached hydrogen (secondary N) is 2. The summed E-state index contributed by atoms with van der Waals surface area (Å²) in [5.74, 6) is -4.63. The Bertz CT molecular complexity index is 1460. The molecular formula is C25H39FN5O14P. The fourth-order valence-electron chi connectivity index (χ4n) is 4.40. The van der Waals surface area contributed by atoms with E-state index in [1.165, 1.54) is 34.6 Å². The lowest BCUT2D eigenvalue weighted by molar-refractivity contribution is -0.195. The van der Waals surface area contributed by atoms with E-state index >= 15 is 4.39 Å². The van der Waals surface area contributed by atoms with Crippen LogP contribution in [0.2, 0.25) is 0 Å². The van der Waals surface area contributed by atoms with Crippen LogP contribution in [0.15, 0.2) is 11.1 Å². The lowest BCUT2D eigenvalue weighted by atomic mass is 9.83. The van der Waals surface area contributed by atoms with Gasteiger partial charge in [0, 0.05) is 14.5 Å². The molecule has 3 rings (SSSR count). The summed E-state index contributed by atoms with van der Waals surface area (Å²) in [5, 5.41) is 18.8. The highest BCUT2D eigenvalue weighted by atomic mass is 31.2. The Morgan fingerprint density at radius 2 is 1.85 bits per heavy atom. The number of fused-ring (bicyclic) bond motifs is 1. The van der Waals surface area contributed by atoms with Gasteiger partial charge in [-0.25, -0.2) is 32.6 Å². The first-order valence-corrected chi connectivity index (χ1v) is 15.4. The number of anilines is 1. The molecule has 0 aliphatic carbocycles. The van der Waals surface area contributed by atoms with E-state index in [4.69, 9.17) is 30.6 Å². The highest BCUT2D eigenvalue weighted by Gasteiger charge is 2.63. The zero-order valence-electron chi connectivity index (χ0n) is 27.8. The van der Waals surface area contributed by atoms with Gasteiger partial charge in [0.1, 0.15) is 12.2 Å². The van der Waals surface area contributed by atoms with E-state index in [2.05, 4.69) is 34.9 Å². The Labute approximate surface area is 265 Å². The van der Waals surface area contributed by atoms with E-state index in [1.807, 2.05) is 0 Å². The van der Waals surface area contributed by atoms with Crippen LogP contribution in [0.5, 0.6) is 0 Å². The number of hydrogen-bond acceptors (Lipinski definition) is 17. The predicted octanol–water partition coefficient (Wildman–Crippen LogP) is 2.69. The van der Waals surface area contributed by atoms with Gasteiger partial charge in [0.05, 0.1) is 24.5 Å². The number of hydrogen-bond donors (Lipinski definition) is 4. The van der Waals surface area contributed by atoms with E-state index < -0.39 is 88.3 Å². The Kier molecular flexibility index (Phi) is 11.4. The number of aromatic nitrogens is 4. The van der Waals surface area contributed by atoms with Gasteiger partial charge in [0.25, 0.3) is 5.56 Å². The molecule has 0 saturated carbocycles. The van der Waals surface area contributed by atoms with Crippen LogP contribution in [0.4, 0.5) is 19.9 Å². The standard InChI is InChI=1S/C25H39FN5O14P/c1-7-27-21-29-18-17(19(33)30-21)28-11-31(18)20-24(6,36)16(8-9-32)25(26,45-20)10-40-46(37,41-12-38-22(34)43-14(2)3)42-13-39-23(35)44-15(4)5/h11,14-16,20,32,36H,7-10,12-13H2,1-6H3,(H2,27,29,30,33)/t16-,20+,24+,25+/m0/s1/i1T,32T. The Morgan fingerprint density at radius 1 is 1.22 bits per heavy atom. The van der Waals surface area contributed by atoms with Crippen molar-refractivity contribution in [1.29, 1.82) is 1.43 Å². The molecule has 1 fully saturated rings. The van der Waals surface area contributed by atoms with Gasteiger partial charge in [0.2, 0.25) is 26.8 Å². The zero-order valence-corrected chi connectivity index (χ0v) is 26.7. The number of phosphoric acid groups is 1. The Balaban J connectivity index is 1.89. The number of H-pyrrole nitrogens is 1. The molecule has 21 heteroatoms. The van der Waals surface area contributed by atoms with Gasteiger partial charge >= 0.3 is 20.1 Å². The molecule has 0 amide bonds. The summed E-state index contributed by atoms with van der Waals surface area (Å²) in [4.78, 5) is 46.9. The van der Waals surface area contributed by atoms with E-state index in [0.29, 0.717) is 0 Å². The van der Waals surface area contributed by atoms with E-state index in [1.54, 1.807) is 0 Å². The average Bonchev–Trinajstić information content (AvgIpc) is 3.49. The molecule has 46 heavy (non-hydrogen) atoms. The van der Waals surface area contributed by atoms with Gasteiger partial charge in [-0.15, -0.1) is 0 Å². The number of phosphoric ester groups is 1. The molecule has 0 bridgehead atoms. The Morgan fingerprint density at radius 3 is 2.41 bits per heavy atom. The first kappa shape index (κ1) is 34.0. The first-order valence-electron chi connectivity index (χ1n) is 15.0. The van der Waals surface area contributed by atoms with Crippen LogP contribution in [0.3, 0.4) is 0 Å². The third-order valence-electron chi connectivity index (χ3n) is 6.28. The molecular weight excluding hydrogens is 644 g/mol. The lowest BCUT2D eigenvalue weighted by Crippen LogP contribution is -2.44. The number of carbonyl (C=O) groups excluding carboxylic acids is 2. The van der Waals surface area contributed by atoms with Crippen molar-refractivity contribution in [1.82, 2.24) is 19.5 Å². The maximum atomic E-state index is 16.9. The topological polar surface area (TPSA) is 241 Å². The molecule has 2 aromatic rings. The summed E-state index contributed by atoms with van der Waals surface area (Å²) in [5.41, 5.74) is -3.12. The summed E-state index contributed by atoms with van der Waals surface area (Å²) < 4.78 is 85.6. The van der Waals surface area contributed by atoms with Gasteiger partial charge in [-0.2, -0.15) is 4.98 Å². The number of aliphatic hydroxyl groups is 2. The SMILES string of the molecule is [3H]CCNc1nc2c(ncn2[C@@H]2O[C@](F)(COP(=O)(OCOC(=O)OC(C)C)OCOC(=O)OC(C)C)[C@@H](CCO[3H])[C@@]2(C)O)c(=O)[nH]1. The molecule has 1 aliphatic rings. The molecule has 1 aliphatic heterocycles. The van der Waals surface area contributed by atoms with E-state index in [-0.39, 0.29) is 37.0 Å². The van der Waals surface area contributed by atoms with Crippen LogP contribution in [0.1, 0.15) is 55.5 Å². The number of imidazole rings is 1. The van der Waals surface area contributed by atoms with Gasteiger partial charge in [0.15, 0.2) is 17.4 Å². The van der Waals surface area contributed by atoms with Gasteiger partial charge in [-0.05, 0) is 47.9 Å². The lowest BCUT2D eigenvalue weighted by Gasteiger charge is -2.31. The molecule has 2 aromatic heterocycles. The van der Waals surface area contributed by atoms with E-state index in [0.717, 1.165) is 10.9 Å². The molecule has 0 aromatic carbocycles. The third kappa shape index (κ3) is 9.11. The molecule has 19 nitrogen and oxygen atoms in total. The molecule has 0 radical (unpaired) electrons. The van der Waals surface area contributed by atoms with Gasteiger partial charge in [-0.1, -0.05) is 0 Å². The number of aliphatic hydroxyl groups excluding tert-OH is 1. The average molecular weight is 688 g/mol. The summed E-state index contributed by atoms with van der Waals surface area (Å²) in [7, 11) is -4.97. The number of nitrogens with zero attached hydrogens (tertiary/aromatic N) is 3. The van der Waals surface area contributed by atoms with Crippen LogP contribution in [-0.2, 0) is 41.8 Å². The Hall–Kier alpha value is -3.39. The van der Waals surface area contributed by atoms with Crippen molar-refractivity contribution in [3.63, 3.8) is 0 Å². The van der Waals surface area contributed by atoms with E-state index in [9.17, 15) is 24.1 Å². The normalized spacial score (nSPS) is 23.8. The van der Waals surface area contributed by atoms with Crippen LogP contribution in [0.25, 0.3) is 11.2 Å². The van der Waals surface area contributed by atoms with Crippen molar-refractivity contribution < 1.29 is 67.4 Å². The van der Waals surface area contributed by atoms with Crippen molar-refractivity contribution in [2.45, 2.75) is 77.8 Å². The van der Waals surface area contributed by atoms with Crippen molar-refractivity contribution >= 4 is 37.2 Å². The number of alkyl halides is 1. The monoisotopic (exact) mass is 687 g/mol. The van der Waals surface area contributed by atoms with Crippen LogP contribution < -0.4 is 10.9 Å². The second kappa shape index (κ2) is 15.5. The van der Waals surface area contributed by atoms with Gasteiger partial charge in [-0.3, -0.25) is 18.9 Å². The van der Waals surface area contributed by atoms with Crippen molar-refractivity contribution in [3.05, 3.63) is 16.7 Å². The number of carbonyl (C=O) groups is 2. The smallest absolute Gasteiger partial charge is 0.432 e. The maximum Gasteiger partial charge on any atom is 0.510 e. The highest BCUT2D eigenvalue weighted by Crippen LogP contribution is 2.55. The number of aromatic amines is 1. The molecule has 4 atom stereocenters. The van der Waals surface area contributed by atoms with Crippen molar-refractivity contribution in [2.75, 3.05) is 38.7 Å². The fourth-order valence-corrected chi connectivity index (χ4v) is 5.33. The zero-order chi connectivity index (χ0) is 35.7. The molecule has 0 spiro atoms. The quantitative estimate of drug-likeness (QED) is 0.106. The number of halogens is 1. The largest absolute Gasteiger partial charge is 0.510 e. The van der Waals surface area contributed by atoms with Gasteiger partial charge < -0.3 is 39.2 Å². The minimum atomic E-state index is -4.97. The molecule has 1 saturated heterocycles. The van der Waals surface area contributed by atoms with Crippen LogP contribution in [-0.4, -0.2) is 100 Å². The first-order chi connectivity index (χ1) is 22.5. The predicted molar refractivity (Wildman–Crippen MR) is 153 cm³/mol. The molecule has 0 unspecified atom stereocenters. The minimum absolute atomic E-state index is 0.0256. The molecule has 4 N–H and O–H groups in total. The summed E-state index contributed by atoms with van der Waals surface area (Å²) in [6.45, 7) is 3.64. The second-order valence-electron chi connectivity index (χ2n) is 10.5. The maximum absolute atomic E-state index is 16.9. The number of ether oxygens (including phenoxy) is 5. The molecule has 3 heterocycles. The van der Waals surface area contributed by atoms with Crippen LogP contribution in [0, 0.1) is 5.92 Å². The summed E-state index contributed by atoms with van der Waals surface area (Å²) in [6, 6.07) is 0. The molecule has 260 valence electrons. The van der Waals surface area contributed by atoms with Crippen LogP contribution >= 0.6 is 7.82 Å². The fraction of sp³-hybridized carbons (Fsp3) is 0.720. The second-order valence-corrected chi connectivity index (χ2v) is 12.2. The van der Waals surface area contributed by atoms with Crippen molar-refractivity contribution in [3.8, 4) is 0 Å². The minimum Gasteiger partial charge on any atom is -0.432 e. The number of rotatable bonds is 17. The highest BCUT2D eigenvalue weighted by molar-refractivity contribution is 7.48. The summed E-state index contributed by atoms with van der Waals surface area (Å²) >= 11 is 0. The third-order valence-corrected chi connectivity index (χ3v) is 7.56.